The molecule has 2 aliphatic carbocycles. The van der Waals surface area contributed by atoms with Crippen LogP contribution in [0.5, 0.6) is 0 Å². The highest BCUT2D eigenvalue weighted by molar-refractivity contribution is 7.80. The van der Waals surface area contributed by atoms with Crippen LogP contribution < -0.4 is 0 Å². The molecule has 1 unspecified atom stereocenters. The highest BCUT2D eigenvalue weighted by atomic mass is 32.1. The van der Waals surface area contributed by atoms with Crippen LogP contribution >= 0.6 is 12.6 Å². The summed E-state index contributed by atoms with van der Waals surface area (Å²) >= 11 is 4.28. The smallest absolute Gasteiger partial charge is 0.172 e. The third-order valence-electron chi connectivity index (χ3n) is 3.29. The number of benzene rings is 1. The molecule has 0 spiro atoms. The topological polar surface area (TPSA) is 34.1 Å². The molecule has 1 aromatic rings. The van der Waals surface area contributed by atoms with Crippen LogP contribution in [0.15, 0.2) is 47.4 Å². The second kappa shape index (κ2) is 3.70. The van der Waals surface area contributed by atoms with Gasteiger partial charge in [0, 0.05) is 16.0 Å². The van der Waals surface area contributed by atoms with Crippen LogP contribution in [0, 0.1) is 11.8 Å². The number of carbonyl (C=O) groups excluding carboxylic acids is 2. The minimum absolute atomic E-state index is 0.00389. The van der Waals surface area contributed by atoms with Gasteiger partial charge in [0.25, 0.3) is 0 Å². The van der Waals surface area contributed by atoms with E-state index in [1.807, 2.05) is 12.2 Å². The molecule has 3 heteroatoms. The van der Waals surface area contributed by atoms with Crippen LogP contribution in [0.25, 0.3) is 0 Å². The fourth-order valence-corrected chi connectivity index (χ4v) is 2.78. The van der Waals surface area contributed by atoms with E-state index in [2.05, 4.69) is 12.6 Å². The van der Waals surface area contributed by atoms with Gasteiger partial charge in [-0.3, -0.25) is 9.59 Å². The quantitative estimate of drug-likeness (QED) is 0.710. The lowest BCUT2D eigenvalue weighted by atomic mass is 9.72. The van der Waals surface area contributed by atoms with E-state index in [0.29, 0.717) is 16.0 Å². The van der Waals surface area contributed by atoms with Gasteiger partial charge in [0.2, 0.25) is 0 Å². The summed E-state index contributed by atoms with van der Waals surface area (Å²) in [7, 11) is 0. The minimum Gasteiger partial charge on any atom is -0.293 e. The largest absolute Gasteiger partial charge is 0.293 e. The average Bonchev–Trinajstić information content (AvgIpc) is 2.36. The zero-order chi connectivity index (χ0) is 12.0. The highest BCUT2D eigenvalue weighted by Gasteiger charge is 2.40. The summed E-state index contributed by atoms with van der Waals surface area (Å²) in [6.07, 6.45) is 7.24. The van der Waals surface area contributed by atoms with Crippen molar-refractivity contribution in [1.29, 1.82) is 0 Å². The molecule has 0 saturated carbocycles. The van der Waals surface area contributed by atoms with Gasteiger partial charge in [-0.1, -0.05) is 36.4 Å². The third kappa shape index (κ3) is 1.42. The zero-order valence-electron chi connectivity index (χ0n) is 8.96. The van der Waals surface area contributed by atoms with E-state index in [-0.39, 0.29) is 23.4 Å². The Morgan fingerprint density at radius 2 is 1.59 bits per heavy atom. The number of carbonyl (C=O) groups is 2. The number of rotatable bonds is 0. The molecule has 2 aliphatic rings. The fourth-order valence-electron chi connectivity index (χ4n) is 2.46. The summed E-state index contributed by atoms with van der Waals surface area (Å²) in [5.74, 6) is -0.680. The molecule has 84 valence electrons. The summed E-state index contributed by atoms with van der Waals surface area (Å²) in [4.78, 5) is 25.2. The summed E-state index contributed by atoms with van der Waals surface area (Å²) in [6.45, 7) is 0. The van der Waals surface area contributed by atoms with E-state index in [1.54, 1.807) is 30.4 Å². The lowest BCUT2D eigenvalue weighted by molar-refractivity contribution is 0.0799. The van der Waals surface area contributed by atoms with E-state index >= 15 is 0 Å². The van der Waals surface area contributed by atoms with Crippen molar-refractivity contribution >= 4 is 24.2 Å². The van der Waals surface area contributed by atoms with Gasteiger partial charge < -0.3 is 0 Å². The molecule has 0 aliphatic heterocycles. The first kappa shape index (κ1) is 10.5. The average molecular weight is 242 g/mol. The Labute approximate surface area is 104 Å². The first-order valence-corrected chi connectivity index (χ1v) is 5.90. The maximum Gasteiger partial charge on any atom is 0.172 e. The molecule has 0 heterocycles. The molecular formula is C14H10O2S. The van der Waals surface area contributed by atoms with E-state index in [1.165, 1.54) is 0 Å². The van der Waals surface area contributed by atoms with Crippen LogP contribution in [0.3, 0.4) is 0 Å². The standard InChI is InChI=1S/C14H10O2S/c15-13-8-4-1-2-5-9(8)14(16)12-10(13)6-3-7-11(12)17/h1-9,17H/t8-,9?/m0/s1. The van der Waals surface area contributed by atoms with Gasteiger partial charge in [-0.2, -0.15) is 0 Å². The lowest BCUT2D eigenvalue weighted by Gasteiger charge is -2.28. The van der Waals surface area contributed by atoms with Crippen molar-refractivity contribution in [3.63, 3.8) is 0 Å². The third-order valence-corrected chi connectivity index (χ3v) is 3.67. The van der Waals surface area contributed by atoms with E-state index in [4.69, 9.17) is 0 Å². The van der Waals surface area contributed by atoms with Crippen molar-refractivity contribution in [2.45, 2.75) is 4.90 Å². The molecule has 0 saturated heterocycles. The Morgan fingerprint density at radius 1 is 0.941 bits per heavy atom. The van der Waals surface area contributed by atoms with Gasteiger partial charge in [-0.15, -0.1) is 12.6 Å². The number of fused-ring (bicyclic) bond motifs is 2. The first-order chi connectivity index (χ1) is 8.20. The normalized spacial score (nSPS) is 25.7. The molecule has 1 aromatic carbocycles. The molecule has 3 rings (SSSR count). The summed E-state index contributed by atoms with van der Waals surface area (Å²) in [5, 5.41) is 0. The first-order valence-electron chi connectivity index (χ1n) is 5.45. The summed E-state index contributed by atoms with van der Waals surface area (Å²) < 4.78 is 0. The van der Waals surface area contributed by atoms with Crippen molar-refractivity contribution in [3.8, 4) is 0 Å². The second-order valence-corrected chi connectivity index (χ2v) is 4.73. The van der Waals surface area contributed by atoms with Crippen LogP contribution in [0.4, 0.5) is 0 Å². The Balaban J connectivity index is 2.25. The van der Waals surface area contributed by atoms with Crippen molar-refractivity contribution in [2.75, 3.05) is 0 Å². The van der Waals surface area contributed by atoms with E-state index < -0.39 is 0 Å². The number of thiol groups is 1. The minimum atomic E-state index is -0.353. The number of allylic oxidation sites excluding steroid dienone is 4. The molecule has 0 aromatic heterocycles. The van der Waals surface area contributed by atoms with Crippen LogP contribution in [0.1, 0.15) is 20.7 Å². The van der Waals surface area contributed by atoms with Gasteiger partial charge in [-0.25, -0.2) is 0 Å². The Kier molecular flexibility index (Phi) is 2.30. The summed E-state index contributed by atoms with van der Waals surface area (Å²) in [6, 6.07) is 5.21. The highest BCUT2D eigenvalue weighted by Crippen LogP contribution is 2.36. The molecule has 0 bridgehead atoms. The Hall–Kier alpha value is -1.61. The molecular weight excluding hydrogens is 232 g/mol. The molecule has 2 atom stereocenters. The van der Waals surface area contributed by atoms with Gasteiger partial charge in [0.1, 0.15) is 0 Å². The molecule has 0 fully saturated rings. The zero-order valence-corrected chi connectivity index (χ0v) is 9.85. The molecule has 0 amide bonds. The van der Waals surface area contributed by atoms with Gasteiger partial charge in [0.15, 0.2) is 11.6 Å². The maximum atomic E-state index is 12.3. The Morgan fingerprint density at radius 3 is 2.29 bits per heavy atom. The van der Waals surface area contributed by atoms with E-state index in [9.17, 15) is 9.59 Å². The monoisotopic (exact) mass is 242 g/mol. The molecule has 0 N–H and O–H groups in total. The maximum absolute atomic E-state index is 12.3. The number of hydrogen-bond donors (Lipinski definition) is 1. The van der Waals surface area contributed by atoms with Crippen LogP contribution in [-0.4, -0.2) is 11.6 Å². The van der Waals surface area contributed by atoms with Crippen molar-refractivity contribution < 1.29 is 9.59 Å². The predicted molar refractivity (Wildman–Crippen MR) is 67.6 cm³/mol. The molecule has 2 nitrogen and oxygen atoms in total. The second-order valence-electron chi connectivity index (χ2n) is 4.25. The summed E-state index contributed by atoms with van der Waals surface area (Å²) in [5.41, 5.74) is 0.978. The van der Waals surface area contributed by atoms with Gasteiger partial charge >= 0.3 is 0 Å². The molecule has 17 heavy (non-hydrogen) atoms. The fraction of sp³-hybridized carbons (Fsp3) is 0.143. The predicted octanol–water partition coefficient (Wildman–Crippen LogP) is 2.71. The number of Topliss-reactive ketones (excluding diaryl/α,β-unsaturated/α-hetero) is 2. The Bertz CT molecular complexity index is 584. The van der Waals surface area contributed by atoms with Gasteiger partial charge in [0.05, 0.1) is 11.8 Å². The van der Waals surface area contributed by atoms with Crippen LogP contribution in [0.2, 0.25) is 0 Å². The lowest BCUT2D eigenvalue weighted by Crippen LogP contribution is -2.35. The van der Waals surface area contributed by atoms with Crippen LogP contribution in [-0.2, 0) is 0 Å². The SMILES string of the molecule is O=C1c2c(S)cccc2C(=O)[C@H]2C=CC=CC12. The van der Waals surface area contributed by atoms with Gasteiger partial charge in [-0.05, 0) is 6.07 Å². The van der Waals surface area contributed by atoms with Crippen molar-refractivity contribution in [2.24, 2.45) is 11.8 Å². The van der Waals surface area contributed by atoms with Crippen molar-refractivity contribution in [3.05, 3.63) is 53.6 Å². The van der Waals surface area contributed by atoms with E-state index in [0.717, 1.165) is 0 Å². The number of hydrogen-bond acceptors (Lipinski definition) is 3. The van der Waals surface area contributed by atoms with Crippen molar-refractivity contribution in [1.82, 2.24) is 0 Å². The number of ketones is 2. The molecule has 0 radical (unpaired) electrons.